The van der Waals surface area contributed by atoms with Gasteiger partial charge in [-0.1, -0.05) is 6.58 Å². The van der Waals surface area contributed by atoms with E-state index in [4.69, 9.17) is 9.47 Å². The molecule has 3 heterocycles. The summed E-state index contributed by atoms with van der Waals surface area (Å²) in [6.07, 6.45) is 2.40. The number of carbonyl (C=O) groups excluding carboxylic acids is 2. The Morgan fingerprint density at radius 1 is 1.02 bits per heavy atom. The first kappa shape index (κ1) is 29.2. The van der Waals surface area contributed by atoms with E-state index in [0.29, 0.717) is 61.6 Å². The molecular formula is C31H31F2N7O4. The summed E-state index contributed by atoms with van der Waals surface area (Å²) in [5.41, 5.74) is 1.11. The summed E-state index contributed by atoms with van der Waals surface area (Å²) in [5.74, 6) is -1.78. The number of aromatic nitrogens is 3. The van der Waals surface area contributed by atoms with Crippen LogP contribution in [0.2, 0.25) is 0 Å². The molecule has 0 bridgehead atoms. The number of rotatable bonds is 11. The van der Waals surface area contributed by atoms with Crippen LogP contribution in [-0.2, 0) is 9.53 Å². The molecule has 2 fully saturated rings. The Kier molecular flexibility index (Phi) is 8.22. The number of hydrogen-bond acceptors (Lipinski definition) is 8. The van der Waals surface area contributed by atoms with E-state index in [1.54, 1.807) is 18.2 Å². The fourth-order valence-electron chi connectivity index (χ4n) is 5.00. The lowest BCUT2D eigenvalue weighted by molar-refractivity contribution is -0.119. The predicted molar refractivity (Wildman–Crippen MR) is 159 cm³/mol. The zero-order chi connectivity index (χ0) is 30.7. The van der Waals surface area contributed by atoms with Crippen LogP contribution in [0.25, 0.3) is 11.0 Å². The van der Waals surface area contributed by atoms with Crippen molar-refractivity contribution >= 4 is 34.2 Å². The van der Waals surface area contributed by atoms with Gasteiger partial charge in [0.2, 0.25) is 11.8 Å². The molecule has 2 aromatic heterocycles. The van der Waals surface area contributed by atoms with E-state index < -0.39 is 11.2 Å². The van der Waals surface area contributed by atoms with Crippen LogP contribution in [0.4, 0.5) is 20.2 Å². The second-order valence-corrected chi connectivity index (χ2v) is 10.7. The molecule has 6 rings (SSSR count). The van der Waals surface area contributed by atoms with Crippen molar-refractivity contribution in [3.8, 4) is 11.6 Å². The first-order valence-corrected chi connectivity index (χ1v) is 14.2. The number of hydrogen-bond donors (Lipinski definition) is 4. The van der Waals surface area contributed by atoms with Gasteiger partial charge in [-0.2, -0.15) is 0 Å². The van der Waals surface area contributed by atoms with E-state index in [2.05, 4.69) is 42.4 Å². The van der Waals surface area contributed by atoms with Gasteiger partial charge in [-0.05, 0) is 55.3 Å². The summed E-state index contributed by atoms with van der Waals surface area (Å²) in [5, 5.41) is 9.12. The molecule has 11 nitrogen and oxygen atoms in total. The van der Waals surface area contributed by atoms with Crippen LogP contribution in [0.5, 0.6) is 11.6 Å². The van der Waals surface area contributed by atoms with E-state index in [-0.39, 0.29) is 40.6 Å². The van der Waals surface area contributed by atoms with E-state index in [0.717, 1.165) is 19.2 Å². The maximum atomic E-state index is 15.1. The van der Waals surface area contributed by atoms with Crippen LogP contribution in [-0.4, -0.2) is 71.1 Å². The highest BCUT2D eigenvalue weighted by molar-refractivity contribution is 6.00. The van der Waals surface area contributed by atoms with E-state index in [1.165, 1.54) is 30.6 Å². The summed E-state index contributed by atoms with van der Waals surface area (Å²) in [6.45, 7) is 8.22. The van der Waals surface area contributed by atoms with Gasteiger partial charge in [-0.15, -0.1) is 0 Å². The molecule has 4 N–H and O–H groups in total. The first-order valence-electron chi connectivity index (χ1n) is 14.2. The third-order valence-corrected chi connectivity index (χ3v) is 7.75. The molecule has 0 spiro atoms. The fraction of sp³-hybridized carbons (Fsp3) is 0.290. The number of carbonyl (C=O) groups is 2. The molecule has 4 aromatic rings. The molecule has 2 aromatic carbocycles. The van der Waals surface area contributed by atoms with Gasteiger partial charge in [0.25, 0.3) is 5.91 Å². The van der Waals surface area contributed by atoms with E-state index in [1.807, 2.05) is 0 Å². The normalized spacial score (nSPS) is 15.9. The van der Waals surface area contributed by atoms with Gasteiger partial charge in [0.15, 0.2) is 11.6 Å². The Hall–Kier alpha value is -4.88. The van der Waals surface area contributed by atoms with Gasteiger partial charge in [0, 0.05) is 49.3 Å². The number of nitrogens with zero attached hydrogens (tertiary/aromatic N) is 3. The van der Waals surface area contributed by atoms with E-state index >= 15 is 4.39 Å². The molecular weight excluding hydrogens is 572 g/mol. The van der Waals surface area contributed by atoms with Gasteiger partial charge in [-0.25, -0.2) is 18.7 Å². The highest BCUT2D eigenvalue weighted by atomic mass is 19.1. The number of fused-ring (bicyclic) bond motifs is 1. The third kappa shape index (κ3) is 6.38. The van der Waals surface area contributed by atoms with Crippen molar-refractivity contribution in [1.82, 2.24) is 25.2 Å². The lowest BCUT2D eigenvalue weighted by Gasteiger charge is -2.26. The van der Waals surface area contributed by atoms with Crippen LogP contribution < -0.4 is 20.7 Å². The number of halogens is 2. The summed E-state index contributed by atoms with van der Waals surface area (Å²) in [7, 11) is 0. The van der Waals surface area contributed by atoms with Gasteiger partial charge in [0.05, 0.1) is 24.0 Å². The Bertz CT molecular complexity index is 1700. The Morgan fingerprint density at radius 2 is 1.77 bits per heavy atom. The lowest BCUT2D eigenvalue weighted by atomic mass is 10.0. The quantitative estimate of drug-likeness (QED) is 0.198. The molecule has 44 heavy (non-hydrogen) atoms. The fourth-order valence-corrected chi connectivity index (χ4v) is 5.00. The maximum Gasteiger partial charge on any atom is 0.267 e. The second kappa shape index (κ2) is 12.4. The molecule has 1 saturated carbocycles. The molecule has 1 aliphatic carbocycles. The maximum absolute atomic E-state index is 15.1. The molecule has 0 atom stereocenters. The predicted octanol–water partition coefficient (Wildman–Crippen LogP) is 4.43. The van der Waals surface area contributed by atoms with Crippen molar-refractivity contribution < 1.29 is 27.8 Å². The summed E-state index contributed by atoms with van der Waals surface area (Å²) in [6, 6.07) is 11.4. The highest BCUT2D eigenvalue weighted by Gasteiger charge is 2.52. The molecule has 2 amide bonds. The molecule has 13 heteroatoms. The zero-order valence-corrected chi connectivity index (χ0v) is 23.8. The average Bonchev–Trinajstić information content (AvgIpc) is 3.72. The molecule has 1 saturated heterocycles. The van der Waals surface area contributed by atoms with Crippen LogP contribution in [0, 0.1) is 17.0 Å². The number of anilines is 2. The van der Waals surface area contributed by atoms with Gasteiger partial charge >= 0.3 is 0 Å². The minimum Gasteiger partial charge on any atom is -0.435 e. The van der Waals surface area contributed by atoms with Gasteiger partial charge in [0.1, 0.15) is 23.5 Å². The largest absolute Gasteiger partial charge is 0.435 e. The monoisotopic (exact) mass is 603 g/mol. The van der Waals surface area contributed by atoms with Crippen molar-refractivity contribution in [3.05, 3.63) is 84.5 Å². The van der Waals surface area contributed by atoms with Gasteiger partial charge in [-0.3, -0.25) is 14.5 Å². The Morgan fingerprint density at radius 3 is 2.50 bits per heavy atom. The van der Waals surface area contributed by atoms with Crippen molar-refractivity contribution in [1.29, 1.82) is 0 Å². The van der Waals surface area contributed by atoms with Crippen molar-refractivity contribution in [2.45, 2.75) is 12.8 Å². The number of amides is 2. The van der Waals surface area contributed by atoms with Crippen LogP contribution in [0.15, 0.2) is 67.1 Å². The van der Waals surface area contributed by atoms with Crippen LogP contribution in [0.1, 0.15) is 23.3 Å². The number of benzene rings is 2. The SMILES string of the molecule is C=C(Nc1ccc(F)cc1)C1(C(=O)Nc2ccc(Oc3ncnc4[nH]c(C(=O)NCCN5CCOCC5)cc34)c(F)c2)CC1. The third-order valence-electron chi connectivity index (χ3n) is 7.75. The lowest BCUT2D eigenvalue weighted by Crippen LogP contribution is -2.41. The van der Waals surface area contributed by atoms with Crippen molar-refractivity contribution in [3.63, 3.8) is 0 Å². The Balaban J connectivity index is 1.08. The second-order valence-electron chi connectivity index (χ2n) is 10.7. The number of aromatic amines is 1. The highest BCUT2D eigenvalue weighted by Crippen LogP contribution is 2.52. The van der Waals surface area contributed by atoms with Crippen LogP contribution in [0.3, 0.4) is 0 Å². The van der Waals surface area contributed by atoms with Crippen molar-refractivity contribution in [2.24, 2.45) is 5.41 Å². The average molecular weight is 604 g/mol. The molecule has 228 valence electrons. The molecule has 1 aliphatic heterocycles. The standard InChI is InChI=1S/C31H31F2N7O4/c1-19(37-21-4-2-20(32)3-5-21)31(8-9-31)30(42)38-22-6-7-26(24(33)16-22)44-29-23-17-25(39-27(23)35-18-36-29)28(41)34-10-11-40-12-14-43-15-13-40/h2-7,16-18,37H,1,8-15H2,(H,34,41)(H,38,42)(H,35,36,39). The van der Waals surface area contributed by atoms with Gasteiger partial charge < -0.3 is 30.4 Å². The number of morpholine rings is 1. The summed E-state index contributed by atoms with van der Waals surface area (Å²) < 4.78 is 39.5. The topological polar surface area (TPSA) is 134 Å². The summed E-state index contributed by atoms with van der Waals surface area (Å²) >= 11 is 0. The molecule has 0 unspecified atom stereocenters. The first-order chi connectivity index (χ1) is 21.3. The number of nitrogens with one attached hydrogen (secondary N) is 4. The Labute approximate surface area is 251 Å². The molecule has 0 radical (unpaired) electrons. The number of ether oxygens (including phenoxy) is 2. The number of H-pyrrole nitrogens is 1. The minimum absolute atomic E-state index is 0.0643. The minimum atomic E-state index is -0.854. The smallest absolute Gasteiger partial charge is 0.267 e. The van der Waals surface area contributed by atoms with E-state index in [9.17, 15) is 14.0 Å². The zero-order valence-electron chi connectivity index (χ0n) is 23.8. The van der Waals surface area contributed by atoms with Crippen molar-refractivity contribution in [2.75, 3.05) is 50.0 Å². The summed E-state index contributed by atoms with van der Waals surface area (Å²) in [4.78, 5) is 39.3. The van der Waals surface area contributed by atoms with Crippen LogP contribution >= 0.6 is 0 Å². The molecule has 2 aliphatic rings.